The molecule has 72 valence electrons. The molecule has 0 spiro atoms. The topological polar surface area (TPSA) is 52.9 Å². The lowest BCUT2D eigenvalue weighted by Gasteiger charge is -2.09. The number of nitrogens with one attached hydrogen (secondary N) is 1. The van der Waals surface area contributed by atoms with Gasteiger partial charge in [0.1, 0.15) is 6.04 Å². The first kappa shape index (κ1) is 10.6. The van der Waals surface area contributed by atoms with E-state index >= 15 is 0 Å². The summed E-state index contributed by atoms with van der Waals surface area (Å²) in [5, 5.41) is 11.9. The molecule has 0 radical (unpaired) electrons. The average Bonchev–Trinajstić information content (AvgIpc) is 2.15. The monoisotopic (exact) mass is 208 g/mol. The van der Waals surface area contributed by atoms with Crippen LogP contribution >= 0.6 is 11.6 Å². The zero-order chi connectivity index (χ0) is 10.6. The van der Waals surface area contributed by atoms with E-state index in [2.05, 4.69) is 5.32 Å². The van der Waals surface area contributed by atoms with Crippen LogP contribution in [0, 0.1) is 11.3 Å². The predicted molar refractivity (Wildman–Crippen MR) is 53.6 cm³/mol. The van der Waals surface area contributed by atoms with Crippen LogP contribution in [-0.2, 0) is 4.79 Å². The van der Waals surface area contributed by atoms with Crippen molar-refractivity contribution >= 4 is 17.5 Å². The Morgan fingerprint density at radius 1 is 1.50 bits per heavy atom. The molecule has 1 aromatic carbocycles. The predicted octanol–water partition coefficient (Wildman–Crippen LogP) is 2.04. The number of rotatable bonds is 2. The van der Waals surface area contributed by atoms with Crippen LogP contribution in [0.2, 0.25) is 5.02 Å². The molecule has 0 aliphatic heterocycles. The summed E-state index contributed by atoms with van der Waals surface area (Å²) in [6.07, 6.45) is 0. The fourth-order valence-corrected chi connectivity index (χ4v) is 1.17. The Balaban J connectivity index is 2.85. The smallest absolute Gasteiger partial charge is 0.218 e. The highest BCUT2D eigenvalue weighted by atomic mass is 35.5. The minimum atomic E-state index is -0.607. The van der Waals surface area contributed by atoms with Crippen molar-refractivity contribution in [2.45, 2.75) is 13.0 Å². The molecule has 0 bridgehead atoms. The van der Waals surface area contributed by atoms with E-state index in [1.54, 1.807) is 24.3 Å². The average molecular weight is 209 g/mol. The van der Waals surface area contributed by atoms with Crippen LogP contribution in [0.5, 0.6) is 0 Å². The van der Waals surface area contributed by atoms with Gasteiger partial charge in [-0.2, -0.15) is 5.26 Å². The lowest BCUT2D eigenvalue weighted by molar-refractivity contribution is -0.119. The Hall–Kier alpha value is -1.53. The zero-order valence-electron chi connectivity index (χ0n) is 7.62. The van der Waals surface area contributed by atoms with Crippen LogP contribution in [0.1, 0.15) is 18.5 Å². The molecule has 0 fully saturated rings. The normalized spacial score (nSPS) is 11.5. The molecule has 0 aromatic heterocycles. The number of halogens is 1. The van der Waals surface area contributed by atoms with Gasteiger partial charge in [0.2, 0.25) is 5.91 Å². The zero-order valence-corrected chi connectivity index (χ0v) is 8.38. The summed E-state index contributed by atoms with van der Waals surface area (Å²) in [6, 6.07) is 8.18. The van der Waals surface area contributed by atoms with E-state index in [0.717, 1.165) is 5.56 Å². The molecule has 1 aromatic rings. The lowest BCUT2D eigenvalue weighted by atomic mass is 10.1. The van der Waals surface area contributed by atoms with Crippen LogP contribution in [0.3, 0.4) is 0 Å². The molecule has 1 rings (SSSR count). The van der Waals surface area contributed by atoms with Gasteiger partial charge in [-0.05, 0) is 17.7 Å². The van der Waals surface area contributed by atoms with E-state index in [4.69, 9.17) is 16.9 Å². The maximum absolute atomic E-state index is 10.8. The molecule has 0 aliphatic carbocycles. The summed E-state index contributed by atoms with van der Waals surface area (Å²) >= 11 is 5.70. The number of nitriles is 1. The standard InChI is InChI=1S/C10H9ClN2O/c1-7(14)13-10(6-12)8-2-4-9(11)5-3-8/h2-5,10H,1H3,(H,13,14)/t10-/m0/s1. The van der Waals surface area contributed by atoms with Crippen molar-refractivity contribution in [3.8, 4) is 6.07 Å². The van der Waals surface area contributed by atoms with Gasteiger partial charge in [0.25, 0.3) is 0 Å². The van der Waals surface area contributed by atoms with Gasteiger partial charge in [0, 0.05) is 11.9 Å². The lowest BCUT2D eigenvalue weighted by Crippen LogP contribution is -2.24. The van der Waals surface area contributed by atoms with Crippen molar-refractivity contribution in [1.82, 2.24) is 5.32 Å². The molecule has 3 nitrogen and oxygen atoms in total. The van der Waals surface area contributed by atoms with E-state index in [9.17, 15) is 4.79 Å². The molecule has 1 N–H and O–H groups in total. The Labute approximate surface area is 87.3 Å². The third-order valence-electron chi connectivity index (χ3n) is 1.68. The molecule has 0 heterocycles. The van der Waals surface area contributed by atoms with Gasteiger partial charge in [0.05, 0.1) is 6.07 Å². The van der Waals surface area contributed by atoms with E-state index in [0.29, 0.717) is 5.02 Å². The van der Waals surface area contributed by atoms with Crippen molar-refractivity contribution < 1.29 is 4.79 Å². The van der Waals surface area contributed by atoms with Crippen LogP contribution < -0.4 is 5.32 Å². The maximum Gasteiger partial charge on any atom is 0.218 e. The quantitative estimate of drug-likeness (QED) is 0.809. The van der Waals surface area contributed by atoms with Gasteiger partial charge in [-0.25, -0.2) is 0 Å². The first-order valence-corrected chi connectivity index (χ1v) is 4.43. The van der Waals surface area contributed by atoms with Crippen molar-refractivity contribution in [2.24, 2.45) is 0 Å². The fraction of sp³-hybridized carbons (Fsp3) is 0.200. The van der Waals surface area contributed by atoms with E-state index in [-0.39, 0.29) is 5.91 Å². The molecule has 1 amide bonds. The third kappa shape index (κ3) is 2.75. The maximum atomic E-state index is 10.8. The number of nitrogens with zero attached hydrogens (tertiary/aromatic N) is 1. The van der Waals surface area contributed by atoms with Crippen molar-refractivity contribution in [3.05, 3.63) is 34.9 Å². The summed E-state index contributed by atoms with van der Waals surface area (Å²) in [5.74, 6) is -0.230. The Bertz CT molecular complexity index is 367. The highest BCUT2D eigenvalue weighted by Gasteiger charge is 2.10. The van der Waals surface area contributed by atoms with Gasteiger partial charge in [-0.15, -0.1) is 0 Å². The summed E-state index contributed by atoms with van der Waals surface area (Å²) < 4.78 is 0. The largest absolute Gasteiger partial charge is 0.337 e. The second kappa shape index (κ2) is 4.64. The number of carbonyl (C=O) groups is 1. The summed E-state index contributed by atoms with van der Waals surface area (Å²) in [6.45, 7) is 1.38. The molecule has 0 aliphatic rings. The van der Waals surface area contributed by atoms with Crippen molar-refractivity contribution in [2.75, 3.05) is 0 Å². The van der Waals surface area contributed by atoms with Gasteiger partial charge in [-0.3, -0.25) is 4.79 Å². The van der Waals surface area contributed by atoms with Crippen LogP contribution in [-0.4, -0.2) is 5.91 Å². The molecular formula is C10H9ClN2O. The van der Waals surface area contributed by atoms with E-state index in [1.165, 1.54) is 6.92 Å². The molecule has 14 heavy (non-hydrogen) atoms. The van der Waals surface area contributed by atoms with Gasteiger partial charge >= 0.3 is 0 Å². The number of carbonyl (C=O) groups excluding carboxylic acids is 1. The first-order valence-electron chi connectivity index (χ1n) is 4.05. The molecule has 4 heteroatoms. The number of amides is 1. The summed E-state index contributed by atoms with van der Waals surface area (Å²) in [5.41, 5.74) is 0.729. The van der Waals surface area contributed by atoms with E-state index < -0.39 is 6.04 Å². The SMILES string of the molecule is CC(=O)N[C@@H](C#N)c1ccc(Cl)cc1. The second-order valence-electron chi connectivity index (χ2n) is 2.81. The van der Waals surface area contributed by atoms with Gasteiger partial charge in [0.15, 0.2) is 0 Å². The highest BCUT2D eigenvalue weighted by molar-refractivity contribution is 6.30. The van der Waals surface area contributed by atoms with Gasteiger partial charge < -0.3 is 5.32 Å². The molecule has 0 unspecified atom stereocenters. The van der Waals surface area contributed by atoms with Crippen molar-refractivity contribution in [3.63, 3.8) is 0 Å². The van der Waals surface area contributed by atoms with Crippen molar-refractivity contribution in [1.29, 1.82) is 5.26 Å². The number of benzene rings is 1. The second-order valence-corrected chi connectivity index (χ2v) is 3.25. The fourth-order valence-electron chi connectivity index (χ4n) is 1.05. The molecule has 0 saturated heterocycles. The highest BCUT2D eigenvalue weighted by Crippen LogP contribution is 2.15. The number of hydrogen-bond acceptors (Lipinski definition) is 2. The summed E-state index contributed by atoms with van der Waals surface area (Å²) in [7, 11) is 0. The minimum absolute atomic E-state index is 0.230. The molecular weight excluding hydrogens is 200 g/mol. The van der Waals surface area contributed by atoms with Gasteiger partial charge in [-0.1, -0.05) is 23.7 Å². The third-order valence-corrected chi connectivity index (χ3v) is 1.93. The first-order chi connectivity index (χ1) is 6.63. The Kier molecular flexibility index (Phi) is 3.49. The Morgan fingerprint density at radius 2 is 2.07 bits per heavy atom. The van der Waals surface area contributed by atoms with Crippen LogP contribution in [0.25, 0.3) is 0 Å². The van der Waals surface area contributed by atoms with E-state index in [1.807, 2.05) is 6.07 Å². The molecule has 0 saturated carbocycles. The van der Waals surface area contributed by atoms with Crippen LogP contribution in [0.4, 0.5) is 0 Å². The number of hydrogen-bond donors (Lipinski definition) is 1. The minimum Gasteiger partial charge on any atom is -0.337 e. The Morgan fingerprint density at radius 3 is 2.50 bits per heavy atom. The summed E-state index contributed by atoms with van der Waals surface area (Å²) in [4.78, 5) is 10.8. The van der Waals surface area contributed by atoms with Crippen LogP contribution in [0.15, 0.2) is 24.3 Å². The molecule has 1 atom stereocenters.